The number of hydrazine groups is 1. The van der Waals surface area contributed by atoms with Crippen molar-refractivity contribution in [3.8, 4) is 6.01 Å². The number of hydrogen-bond donors (Lipinski definition) is 2. The molecule has 22 heavy (non-hydrogen) atoms. The van der Waals surface area contributed by atoms with Crippen LogP contribution in [0, 0.1) is 18.6 Å². The fourth-order valence-corrected chi connectivity index (χ4v) is 1.72. The van der Waals surface area contributed by atoms with E-state index in [2.05, 4.69) is 9.97 Å². The number of halogens is 2. The highest BCUT2D eigenvalue weighted by Gasteiger charge is 2.06. The fraction of sp³-hybridized carbons (Fsp3) is 0.143. The Morgan fingerprint density at radius 3 is 2.59 bits per heavy atom. The van der Waals surface area contributed by atoms with Gasteiger partial charge in [-0.05, 0) is 30.7 Å². The topological polar surface area (TPSA) is 90.3 Å². The minimum absolute atomic E-state index is 0.000663. The lowest BCUT2D eigenvalue weighted by Crippen LogP contribution is -2.28. The van der Waals surface area contributed by atoms with Gasteiger partial charge < -0.3 is 10.5 Å². The summed E-state index contributed by atoms with van der Waals surface area (Å²) in [6.07, 6.45) is 3.41. The molecule has 0 saturated carbocycles. The van der Waals surface area contributed by atoms with E-state index in [1.54, 1.807) is 13.0 Å². The molecule has 0 aliphatic carbocycles. The van der Waals surface area contributed by atoms with Crippen LogP contribution in [0.5, 0.6) is 6.01 Å². The third-order valence-electron chi connectivity index (χ3n) is 2.71. The monoisotopic (exact) mass is 307 g/mol. The van der Waals surface area contributed by atoms with Crippen molar-refractivity contribution in [3.05, 3.63) is 59.7 Å². The van der Waals surface area contributed by atoms with Crippen LogP contribution in [-0.2, 0) is 0 Å². The van der Waals surface area contributed by atoms with Gasteiger partial charge in [0, 0.05) is 6.20 Å². The number of aromatic nitrogens is 2. The number of anilines is 1. The van der Waals surface area contributed by atoms with Gasteiger partial charge in [-0.15, -0.1) is 0 Å². The number of nitrogens with zero attached hydrogens (tertiary/aromatic N) is 3. The van der Waals surface area contributed by atoms with E-state index in [1.807, 2.05) is 0 Å². The highest BCUT2D eigenvalue weighted by atomic mass is 19.1. The summed E-state index contributed by atoms with van der Waals surface area (Å²) < 4.78 is 30.9. The van der Waals surface area contributed by atoms with Crippen molar-refractivity contribution in [2.75, 3.05) is 11.6 Å². The first-order valence-corrected chi connectivity index (χ1v) is 6.32. The first-order valence-electron chi connectivity index (χ1n) is 6.32. The summed E-state index contributed by atoms with van der Waals surface area (Å²) in [4.78, 5) is 7.27. The molecule has 116 valence electrons. The number of nitrogens with two attached hydrogens (primary N) is 2. The summed E-state index contributed by atoms with van der Waals surface area (Å²) in [6.45, 7) is 1.70. The van der Waals surface area contributed by atoms with Crippen LogP contribution in [0.25, 0.3) is 0 Å². The number of aryl methyl sites for hydroxylation is 1. The Morgan fingerprint density at radius 1 is 1.27 bits per heavy atom. The standard InChI is InChI=1S/C14H15F2N5O/c1-9-4-10(15)2-3-13(9)21(18)7-12(17)8-22-14-19-5-11(16)6-20-14/h2-7H,8,17-18H2,1H3/b12-7-. The molecule has 0 atom stereocenters. The zero-order valence-electron chi connectivity index (χ0n) is 11.8. The second-order valence-electron chi connectivity index (χ2n) is 4.51. The molecule has 2 rings (SSSR count). The zero-order valence-corrected chi connectivity index (χ0v) is 11.8. The van der Waals surface area contributed by atoms with E-state index in [0.29, 0.717) is 16.9 Å². The fourth-order valence-electron chi connectivity index (χ4n) is 1.72. The maximum Gasteiger partial charge on any atom is 0.316 e. The highest BCUT2D eigenvalue weighted by molar-refractivity contribution is 5.54. The van der Waals surface area contributed by atoms with Gasteiger partial charge >= 0.3 is 6.01 Å². The van der Waals surface area contributed by atoms with Gasteiger partial charge in [0.2, 0.25) is 0 Å². The normalized spacial score (nSPS) is 11.4. The highest BCUT2D eigenvalue weighted by Crippen LogP contribution is 2.19. The molecule has 8 heteroatoms. The number of rotatable bonds is 5. The summed E-state index contributed by atoms with van der Waals surface area (Å²) >= 11 is 0. The molecule has 0 aliphatic rings. The maximum absolute atomic E-state index is 13.1. The minimum Gasteiger partial charge on any atom is -0.457 e. The van der Waals surface area contributed by atoms with Crippen molar-refractivity contribution in [1.29, 1.82) is 0 Å². The third-order valence-corrected chi connectivity index (χ3v) is 2.71. The van der Waals surface area contributed by atoms with Gasteiger partial charge in [-0.25, -0.2) is 24.6 Å². The van der Waals surface area contributed by atoms with Crippen LogP contribution < -0.4 is 21.3 Å². The van der Waals surface area contributed by atoms with E-state index in [4.69, 9.17) is 16.3 Å². The van der Waals surface area contributed by atoms with Crippen LogP contribution in [-0.4, -0.2) is 16.6 Å². The minimum atomic E-state index is -0.559. The van der Waals surface area contributed by atoms with Gasteiger partial charge in [0.05, 0.1) is 23.8 Å². The Balaban J connectivity index is 2.00. The van der Waals surface area contributed by atoms with Crippen molar-refractivity contribution < 1.29 is 13.5 Å². The number of ether oxygens (including phenoxy) is 1. The molecule has 0 fully saturated rings. The quantitative estimate of drug-likeness (QED) is 0.644. The van der Waals surface area contributed by atoms with Gasteiger partial charge in [-0.1, -0.05) is 0 Å². The third kappa shape index (κ3) is 4.13. The van der Waals surface area contributed by atoms with Gasteiger partial charge in [-0.2, -0.15) is 0 Å². The van der Waals surface area contributed by atoms with Crippen LogP contribution in [0.15, 0.2) is 42.5 Å². The molecular weight excluding hydrogens is 292 g/mol. The van der Waals surface area contributed by atoms with Crippen molar-refractivity contribution in [3.63, 3.8) is 0 Å². The molecule has 0 bridgehead atoms. The van der Waals surface area contributed by atoms with E-state index >= 15 is 0 Å². The lowest BCUT2D eigenvalue weighted by atomic mass is 10.2. The summed E-state index contributed by atoms with van der Waals surface area (Å²) in [5.41, 5.74) is 7.33. The first kappa shape index (κ1) is 15.6. The van der Waals surface area contributed by atoms with Crippen molar-refractivity contribution in [2.45, 2.75) is 6.92 Å². The lowest BCUT2D eigenvalue weighted by Gasteiger charge is -2.17. The summed E-state index contributed by atoms with van der Waals surface area (Å²) in [5, 5.41) is 1.26. The molecule has 6 nitrogen and oxygen atoms in total. The summed E-state index contributed by atoms with van der Waals surface area (Å²) in [6, 6.07) is 4.20. The molecule has 0 spiro atoms. The van der Waals surface area contributed by atoms with Gasteiger partial charge in [0.15, 0.2) is 5.82 Å². The Hall–Kier alpha value is -2.74. The Kier molecular flexibility index (Phi) is 4.84. The Bertz CT molecular complexity index is 675. The molecule has 1 aromatic carbocycles. The predicted molar refractivity (Wildman–Crippen MR) is 77.6 cm³/mol. The number of benzene rings is 1. The first-order chi connectivity index (χ1) is 10.5. The van der Waals surface area contributed by atoms with Gasteiger partial charge in [0.25, 0.3) is 0 Å². The average molecular weight is 307 g/mol. The lowest BCUT2D eigenvalue weighted by molar-refractivity contribution is 0.319. The molecule has 1 heterocycles. The van der Waals surface area contributed by atoms with Crippen molar-refractivity contribution in [1.82, 2.24) is 9.97 Å². The van der Waals surface area contributed by atoms with E-state index in [9.17, 15) is 8.78 Å². The molecule has 2 aromatic rings. The van der Waals surface area contributed by atoms with E-state index in [1.165, 1.54) is 23.3 Å². The molecule has 0 aliphatic heterocycles. The van der Waals surface area contributed by atoms with E-state index in [-0.39, 0.29) is 18.4 Å². The van der Waals surface area contributed by atoms with Crippen LogP contribution in [0.3, 0.4) is 0 Å². The molecular formula is C14H15F2N5O. The van der Waals surface area contributed by atoms with Crippen molar-refractivity contribution in [2.24, 2.45) is 11.6 Å². The second-order valence-corrected chi connectivity index (χ2v) is 4.51. The van der Waals surface area contributed by atoms with Crippen LogP contribution in [0.2, 0.25) is 0 Å². The molecule has 0 amide bonds. The van der Waals surface area contributed by atoms with E-state index < -0.39 is 5.82 Å². The Morgan fingerprint density at radius 2 is 1.95 bits per heavy atom. The smallest absolute Gasteiger partial charge is 0.316 e. The molecule has 0 saturated heterocycles. The number of hydrogen-bond acceptors (Lipinski definition) is 6. The summed E-state index contributed by atoms with van der Waals surface area (Å²) in [7, 11) is 0. The van der Waals surface area contributed by atoms with Gasteiger partial charge in [0.1, 0.15) is 12.4 Å². The van der Waals surface area contributed by atoms with E-state index in [0.717, 1.165) is 12.4 Å². The SMILES string of the molecule is Cc1cc(F)ccc1N(N)/C=C(\N)COc1ncc(F)cn1. The van der Waals surface area contributed by atoms with Crippen LogP contribution in [0.4, 0.5) is 14.5 Å². The zero-order chi connectivity index (χ0) is 16.1. The molecule has 1 aromatic heterocycles. The largest absolute Gasteiger partial charge is 0.457 e. The average Bonchev–Trinajstić information content (AvgIpc) is 2.46. The van der Waals surface area contributed by atoms with Crippen LogP contribution >= 0.6 is 0 Å². The molecule has 4 N–H and O–H groups in total. The molecule has 0 unspecified atom stereocenters. The Labute approximate surface area is 126 Å². The predicted octanol–water partition coefficient (Wildman–Crippen LogP) is 1.62. The summed E-state index contributed by atoms with van der Waals surface area (Å²) in [5.74, 6) is 4.95. The van der Waals surface area contributed by atoms with Crippen molar-refractivity contribution >= 4 is 5.69 Å². The maximum atomic E-state index is 13.1. The molecule has 0 radical (unpaired) electrons. The van der Waals surface area contributed by atoms with Crippen LogP contribution in [0.1, 0.15) is 5.56 Å². The van der Waals surface area contributed by atoms with Gasteiger partial charge in [-0.3, -0.25) is 5.01 Å². The second kappa shape index (κ2) is 6.81.